The Bertz CT molecular complexity index is 751. The highest BCUT2D eigenvalue weighted by Gasteiger charge is 2.34. The monoisotopic (exact) mass is 396 g/mol. The molecule has 0 radical (unpaired) electrons. The van der Waals surface area contributed by atoms with Gasteiger partial charge in [0, 0.05) is 24.4 Å². The summed E-state index contributed by atoms with van der Waals surface area (Å²) in [5, 5.41) is 5.44. The fourth-order valence-electron chi connectivity index (χ4n) is 3.21. The molecule has 9 heteroatoms. The number of fused-ring (bicyclic) bond motifs is 1. The lowest BCUT2D eigenvalue weighted by molar-refractivity contribution is -0.136. The molecule has 27 heavy (non-hydrogen) atoms. The number of ether oxygens (including phenoxy) is 3. The molecule has 3 rings (SSSR count). The quantitative estimate of drug-likeness (QED) is 0.592. The molecule has 0 aliphatic carbocycles. The van der Waals surface area contributed by atoms with Crippen molar-refractivity contribution in [1.82, 2.24) is 5.32 Å². The third-order valence-electron chi connectivity index (χ3n) is 4.62. The number of methoxy groups -OCH3 is 1. The van der Waals surface area contributed by atoms with E-state index in [9.17, 15) is 14.4 Å². The van der Waals surface area contributed by atoms with Crippen LogP contribution in [0.4, 0.5) is 5.00 Å². The normalized spacial score (nSPS) is 20.6. The molecule has 0 bridgehead atoms. The van der Waals surface area contributed by atoms with Crippen LogP contribution in [0.25, 0.3) is 0 Å². The summed E-state index contributed by atoms with van der Waals surface area (Å²) in [7, 11) is 1.29. The van der Waals surface area contributed by atoms with Crippen molar-refractivity contribution in [3.8, 4) is 0 Å². The molecule has 148 valence electrons. The van der Waals surface area contributed by atoms with E-state index in [-0.39, 0.29) is 6.10 Å². The molecule has 3 heterocycles. The zero-order chi connectivity index (χ0) is 19.6. The van der Waals surface area contributed by atoms with Gasteiger partial charge in [0.05, 0.1) is 31.0 Å². The Balaban J connectivity index is 1.73. The Hall–Kier alpha value is -1.97. The Labute approximate surface area is 161 Å². The first-order valence-corrected chi connectivity index (χ1v) is 9.70. The van der Waals surface area contributed by atoms with E-state index in [1.54, 1.807) is 0 Å². The minimum Gasteiger partial charge on any atom is -0.465 e. The average molecular weight is 396 g/mol. The van der Waals surface area contributed by atoms with Crippen molar-refractivity contribution in [2.24, 2.45) is 0 Å². The van der Waals surface area contributed by atoms with Crippen molar-refractivity contribution in [2.45, 2.75) is 51.4 Å². The van der Waals surface area contributed by atoms with Crippen molar-refractivity contribution in [2.75, 3.05) is 25.6 Å². The van der Waals surface area contributed by atoms with Crippen LogP contribution in [-0.4, -0.2) is 49.8 Å². The number of rotatable bonds is 4. The number of hydrogen-bond donors (Lipinski definition) is 2. The zero-order valence-electron chi connectivity index (χ0n) is 15.7. The molecule has 1 fully saturated rings. The summed E-state index contributed by atoms with van der Waals surface area (Å²) in [5.41, 5.74) is 0.684. The Morgan fingerprint density at radius 1 is 1.30 bits per heavy atom. The van der Waals surface area contributed by atoms with Gasteiger partial charge in [-0.3, -0.25) is 9.59 Å². The van der Waals surface area contributed by atoms with Gasteiger partial charge in [0.2, 0.25) is 0 Å². The van der Waals surface area contributed by atoms with Crippen LogP contribution >= 0.6 is 11.3 Å². The van der Waals surface area contributed by atoms with Gasteiger partial charge in [-0.05, 0) is 32.3 Å². The van der Waals surface area contributed by atoms with Crippen LogP contribution < -0.4 is 10.6 Å². The second-order valence-electron chi connectivity index (χ2n) is 7.22. The minimum absolute atomic E-state index is 0.0548. The van der Waals surface area contributed by atoms with E-state index in [1.807, 2.05) is 13.8 Å². The third kappa shape index (κ3) is 4.48. The number of amides is 2. The Morgan fingerprint density at radius 3 is 2.74 bits per heavy atom. The predicted octanol–water partition coefficient (Wildman–Crippen LogP) is 1.62. The van der Waals surface area contributed by atoms with Crippen LogP contribution in [0.2, 0.25) is 0 Å². The number of carbonyl (C=O) groups is 3. The molecule has 2 aliphatic rings. The molecule has 0 saturated carbocycles. The van der Waals surface area contributed by atoms with Crippen LogP contribution in [0.5, 0.6) is 0 Å². The molecule has 0 unspecified atom stereocenters. The fraction of sp³-hybridized carbons (Fsp3) is 0.611. The van der Waals surface area contributed by atoms with Crippen LogP contribution in [0.1, 0.15) is 47.5 Å². The Morgan fingerprint density at radius 2 is 2.07 bits per heavy atom. The van der Waals surface area contributed by atoms with Crippen LogP contribution in [0.15, 0.2) is 0 Å². The Kier molecular flexibility index (Phi) is 5.83. The van der Waals surface area contributed by atoms with Gasteiger partial charge in [0.15, 0.2) is 0 Å². The van der Waals surface area contributed by atoms with Crippen molar-refractivity contribution >= 4 is 34.1 Å². The molecule has 1 aromatic rings. The third-order valence-corrected chi connectivity index (χ3v) is 5.75. The van der Waals surface area contributed by atoms with Crippen molar-refractivity contribution in [1.29, 1.82) is 0 Å². The lowest BCUT2D eigenvalue weighted by Gasteiger charge is -2.30. The van der Waals surface area contributed by atoms with Gasteiger partial charge in [0.25, 0.3) is 0 Å². The SMILES string of the molecule is COC(=O)c1c(NC(=O)C(=O)NC[C@H]2CCCO2)sc2c1CC(C)(C)OC2. The maximum Gasteiger partial charge on any atom is 0.341 e. The molecule has 0 aromatic carbocycles. The lowest BCUT2D eigenvalue weighted by Crippen LogP contribution is -2.39. The molecule has 8 nitrogen and oxygen atoms in total. The van der Waals surface area contributed by atoms with Gasteiger partial charge >= 0.3 is 17.8 Å². The van der Waals surface area contributed by atoms with Crippen LogP contribution in [0, 0.1) is 0 Å². The lowest BCUT2D eigenvalue weighted by atomic mass is 9.93. The first kappa shape index (κ1) is 19.8. The molecular formula is C18H24N2O6S. The molecule has 2 amide bonds. The standard InChI is InChI=1S/C18H24N2O6S/c1-18(2)7-11-12(9-26-18)27-16(13(11)17(23)24-3)20-15(22)14(21)19-8-10-5-4-6-25-10/h10H,4-9H2,1-3H3,(H,19,21)(H,20,22)/t10-/m1/s1. The van der Waals surface area contributed by atoms with Crippen LogP contribution in [0.3, 0.4) is 0 Å². The van der Waals surface area contributed by atoms with Crippen molar-refractivity contribution in [3.63, 3.8) is 0 Å². The topological polar surface area (TPSA) is 103 Å². The first-order chi connectivity index (χ1) is 12.8. The average Bonchev–Trinajstić information content (AvgIpc) is 3.25. The highest BCUT2D eigenvalue weighted by molar-refractivity contribution is 7.17. The molecular weight excluding hydrogens is 372 g/mol. The maximum absolute atomic E-state index is 12.3. The zero-order valence-corrected chi connectivity index (χ0v) is 16.5. The summed E-state index contributed by atoms with van der Waals surface area (Å²) < 4.78 is 16.1. The minimum atomic E-state index is -0.822. The van der Waals surface area contributed by atoms with Crippen LogP contribution in [-0.2, 0) is 36.8 Å². The number of nitrogens with one attached hydrogen (secondary N) is 2. The van der Waals surface area contributed by atoms with Gasteiger partial charge in [-0.2, -0.15) is 0 Å². The van der Waals surface area contributed by atoms with Crippen molar-refractivity contribution in [3.05, 3.63) is 16.0 Å². The summed E-state index contributed by atoms with van der Waals surface area (Å²) in [6, 6.07) is 0. The van der Waals surface area contributed by atoms with E-state index in [2.05, 4.69) is 10.6 Å². The maximum atomic E-state index is 12.3. The van der Waals surface area contributed by atoms with Gasteiger partial charge in [-0.15, -0.1) is 11.3 Å². The number of thiophene rings is 1. The van der Waals surface area contributed by atoms with E-state index in [1.165, 1.54) is 18.4 Å². The molecule has 2 aliphatic heterocycles. The van der Waals surface area contributed by atoms with E-state index in [0.29, 0.717) is 36.7 Å². The summed E-state index contributed by atoms with van der Waals surface area (Å²) in [6.45, 7) is 5.18. The number of anilines is 1. The second kappa shape index (κ2) is 7.95. The van der Waals surface area contributed by atoms with Gasteiger partial charge in [-0.25, -0.2) is 4.79 Å². The fourth-order valence-corrected chi connectivity index (χ4v) is 4.33. The molecule has 2 N–H and O–H groups in total. The largest absolute Gasteiger partial charge is 0.465 e. The summed E-state index contributed by atoms with van der Waals surface area (Å²) in [6.07, 6.45) is 2.28. The predicted molar refractivity (Wildman–Crippen MR) is 98.8 cm³/mol. The van der Waals surface area contributed by atoms with Crippen molar-refractivity contribution < 1.29 is 28.6 Å². The highest BCUT2D eigenvalue weighted by Crippen LogP contribution is 2.40. The molecule has 1 atom stereocenters. The number of esters is 1. The number of carbonyl (C=O) groups excluding carboxylic acids is 3. The second-order valence-corrected chi connectivity index (χ2v) is 8.33. The molecule has 0 spiro atoms. The van der Waals surface area contributed by atoms with Gasteiger partial charge in [0.1, 0.15) is 5.00 Å². The first-order valence-electron chi connectivity index (χ1n) is 8.88. The summed E-state index contributed by atoms with van der Waals surface area (Å²) >= 11 is 1.23. The van der Waals surface area contributed by atoms with E-state index in [4.69, 9.17) is 14.2 Å². The van der Waals surface area contributed by atoms with E-state index < -0.39 is 23.4 Å². The number of hydrogen-bond acceptors (Lipinski definition) is 7. The van der Waals surface area contributed by atoms with E-state index >= 15 is 0 Å². The van der Waals surface area contributed by atoms with Gasteiger partial charge in [-0.1, -0.05) is 0 Å². The van der Waals surface area contributed by atoms with Gasteiger partial charge < -0.3 is 24.8 Å². The van der Waals surface area contributed by atoms with E-state index in [0.717, 1.165) is 23.3 Å². The summed E-state index contributed by atoms with van der Waals surface area (Å²) in [4.78, 5) is 37.5. The molecule has 1 aromatic heterocycles. The smallest absolute Gasteiger partial charge is 0.341 e. The highest BCUT2D eigenvalue weighted by atomic mass is 32.1. The molecule has 1 saturated heterocycles. The summed E-state index contributed by atoms with van der Waals surface area (Å²) in [5.74, 6) is -2.12.